The normalized spacial score (nSPS) is 11.5. The third-order valence-corrected chi connectivity index (χ3v) is 2.47. The van der Waals surface area contributed by atoms with E-state index in [1.54, 1.807) is 0 Å². The molecule has 1 heterocycles. The van der Waals surface area contributed by atoms with Crippen molar-refractivity contribution in [3.05, 3.63) is 5.15 Å². The molecular weight excluding hydrogens is 250 g/mol. The number of hydrogen-bond donors (Lipinski definition) is 1. The van der Waals surface area contributed by atoms with Crippen LogP contribution in [0, 0.1) is 0 Å². The highest BCUT2D eigenvalue weighted by Crippen LogP contribution is 2.20. The highest BCUT2D eigenvalue weighted by atomic mass is 35.5. The summed E-state index contributed by atoms with van der Waals surface area (Å²) >= 11 is 6.61. The SMILES string of the molecule is CC(C)(C)NCC(=O)COc1nsnc1Cl. The lowest BCUT2D eigenvalue weighted by molar-refractivity contribution is -0.120. The van der Waals surface area contributed by atoms with Crippen LogP contribution in [0.15, 0.2) is 0 Å². The Labute approximate surface area is 103 Å². The van der Waals surface area contributed by atoms with Gasteiger partial charge in [0.2, 0.25) is 5.15 Å². The van der Waals surface area contributed by atoms with Gasteiger partial charge in [-0.1, -0.05) is 11.6 Å². The number of carbonyl (C=O) groups excluding carboxylic acids is 1. The van der Waals surface area contributed by atoms with E-state index in [9.17, 15) is 4.79 Å². The molecule has 1 aromatic heterocycles. The number of ketones is 1. The van der Waals surface area contributed by atoms with E-state index in [0.29, 0.717) is 0 Å². The predicted molar refractivity (Wildman–Crippen MR) is 63.2 cm³/mol. The van der Waals surface area contributed by atoms with Crippen LogP contribution < -0.4 is 10.1 Å². The Balaban J connectivity index is 2.29. The van der Waals surface area contributed by atoms with Crippen LogP contribution in [0.25, 0.3) is 0 Å². The Morgan fingerprint density at radius 3 is 2.69 bits per heavy atom. The van der Waals surface area contributed by atoms with Gasteiger partial charge in [-0.15, -0.1) is 4.37 Å². The molecule has 0 aliphatic carbocycles. The zero-order valence-corrected chi connectivity index (χ0v) is 11.0. The van der Waals surface area contributed by atoms with Crippen LogP contribution in [-0.2, 0) is 4.79 Å². The fourth-order valence-electron chi connectivity index (χ4n) is 0.820. The summed E-state index contributed by atoms with van der Waals surface area (Å²) in [5, 5.41) is 3.27. The quantitative estimate of drug-likeness (QED) is 0.873. The van der Waals surface area contributed by atoms with Crippen LogP contribution in [-0.4, -0.2) is 33.2 Å². The average molecular weight is 264 g/mol. The van der Waals surface area contributed by atoms with Gasteiger partial charge in [0.15, 0.2) is 5.78 Å². The van der Waals surface area contributed by atoms with Gasteiger partial charge in [0, 0.05) is 5.54 Å². The van der Waals surface area contributed by atoms with Crippen molar-refractivity contribution in [2.75, 3.05) is 13.2 Å². The Morgan fingerprint density at radius 2 is 2.19 bits per heavy atom. The molecular formula is C9H14ClN3O2S. The van der Waals surface area contributed by atoms with Gasteiger partial charge in [-0.3, -0.25) is 4.79 Å². The molecule has 0 aliphatic rings. The summed E-state index contributed by atoms with van der Waals surface area (Å²) < 4.78 is 12.6. The second kappa shape index (κ2) is 5.56. The van der Waals surface area contributed by atoms with Crippen LogP contribution >= 0.6 is 23.3 Å². The molecule has 0 aromatic carbocycles. The predicted octanol–water partition coefficient (Wildman–Crippen LogP) is 1.53. The van der Waals surface area contributed by atoms with E-state index in [2.05, 4.69) is 14.1 Å². The van der Waals surface area contributed by atoms with Crippen molar-refractivity contribution in [2.24, 2.45) is 0 Å². The monoisotopic (exact) mass is 263 g/mol. The van der Waals surface area contributed by atoms with Crippen LogP contribution in [0.2, 0.25) is 5.15 Å². The Morgan fingerprint density at radius 1 is 1.50 bits per heavy atom. The molecule has 16 heavy (non-hydrogen) atoms. The first-order valence-electron chi connectivity index (χ1n) is 4.76. The molecule has 7 heteroatoms. The second-order valence-corrected chi connectivity index (χ2v) is 5.18. The smallest absolute Gasteiger partial charge is 0.265 e. The molecule has 1 N–H and O–H groups in total. The molecule has 0 bridgehead atoms. The van der Waals surface area contributed by atoms with Gasteiger partial charge in [0.1, 0.15) is 6.61 Å². The van der Waals surface area contributed by atoms with Crippen molar-refractivity contribution in [1.82, 2.24) is 14.1 Å². The number of nitrogens with one attached hydrogen (secondary N) is 1. The highest BCUT2D eigenvalue weighted by Gasteiger charge is 2.13. The maximum atomic E-state index is 11.4. The minimum Gasteiger partial charge on any atom is -0.467 e. The third kappa shape index (κ3) is 4.87. The fourth-order valence-corrected chi connectivity index (χ4v) is 1.46. The number of aromatic nitrogens is 2. The third-order valence-electron chi connectivity index (χ3n) is 1.61. The van der Waals surface area contributed by atoms with E-state index in [-0.39, 0.29) is 35.5 Å². The van der Waals surface area contributed by atoms with Crippen molar-refractivity contribution in [3.63, 3.8) is 0 Å². The van der Waals surface area contributed by atoms with Crippen molar-refractivity contribution in [3.8, 4) is 5.88 Å². The zero-order valence-electron chi connectivity index (χ0n) is 9.41. The van der Waals surface area contributed by atoms with Crippen molar-refractivity contribution in [1.29, 1.82) is 0 Å². The van der Waals surface area contributed by atoms with Gasteiger partial charge in [-0.25, -0.2) is 0 Å². The van der Waals surface area contributed by atoms with E-state index in [0.717, 1.165) is 11.7 Å². The number of hydrogen-bond acceptors (Lipinski definition) is 6. The number of Topliss-reactive ketones (excluding diaryl/α,β-unsaturated/α-hetero) is 1. The van der Waals surface area contributed by atoms with E-state index < -0.39 is 0 Å². The summed E-state index contributed by atoms with van der Waals surface area (Å²) in [6.45, 7) is 6.18. The zero-order chi connectivity index (χ0) is 12.2. The fraction of sp³-hybridized carbons (Fsp3) is 0.667. The average Bonchev–Trinajstić information content (AvgIpc) is 2.57. The van der Waals surface area contributed by atoms with Gasteiger partial charge in [-0.05, 0) is 20.8 Å². The summed E-state index contributed by atoms with van der Waals surface area (Å²) in [5.74, 6) is 0.162. The Hall–Kier alpha value is -0.720. The van der Waals surface area contributed by atoms with E-state index in [1.165, 1.54) is 0 Å². The summed E-state index contributed by atoms with van der Waals surface area (Å²) in [6.07, 6.45) is 0. The first-order valence-corrected chi connectivity index (χ1v) is 5.87. The molecule has 0 unspecified atom stereocenters. The van der Waals surface area contributed by atoms with Gasteiger partial charge in [-0.2, -0.15) is 4.37 Å². The number of ether oxygens (including phenoxy) is 1. The van der Waals surface area contributed by atoms with Crippen molar-refractivity contribution >= 4 is 29.1 Å². The maximum Gasteiger partial charge on any atom is 0.265 e. The molecule has 0 atom stereocenters. The standard InChI is InChI=1S/C9H14ClN3O2S/c1-9(2,3)11-4-6(14)5-15-8-7(10)12-16-13-8/h11H,4-5H2,1-3H3. The lowest BCUT2D eigenvalue weighted by Gasteiger charge is -2.19. The largest absolute Gasteiger partial charge is 0.467 e. The molecule has 0 radical (unpaired) electrons. The molecule has 1 aromatic rings. The van der Waals surface area contributed by atoms with E-state index >= 15 is 0 Å². The molecule has 0 fully saturated rings. The van der Waals surface area contributed by atoms with Gasteiger partial charge in [0.25, 0.3) is 5.88 Å². The molecule has 0 saturated heterocycles. The van der Waals surface area contributed by atoms with Crippen molar-refractivity contribution < 1.29 is 9.53 Å². The van der Waals surface area contributed by atoms with Gasteiger partial charge < -0.3 is 10.1 Å². The second-order valence-electron chi connectivity index (χ2n) is 4.29. The lowest BCUT2D eigenvalue weighted by Crippen LogP contribution is -2.40. The van der Waals surface area contributed by atoms with Crippen LogP contribution in [0.3, 0.4) is 0 Å². The maximum absolute atomic E-state index is 11.4. The lowest BCUT2D eigenvalue weighted by atomic mass is 10.1. The summed E-state index contributed by atoms with van der Waals surface area (Å²) in [5.41, 5.74) is -0.0878. The van der Waals surface area contributed by atoms with Gasteiger partial charge in [0.05, 0.1) is 18.3 Å². The van der Waals surface area contributed by atoms with Crippen LogP contribution in [0.1, 0.15) is 20.8 Å². The van der Waals surface area contributed by atoms with Crippen LogP contribution in [0.5, 0.6) is 5.88 Å². The summed E-state index contributed by atoms with van der Waals surface area (Å²) in [4.78, 5) is 11.4. The molecule has 5 nitrogen and oxygen atoms in total. The summed E-state index contributed by atoms with van der Waals surface area (Å²) in [6, 6.07) is 0. The first-order chi connectivity index (χ1) is 7.38. The minimum absolute atomic E-state index is 0.0474. The highest BCUT2D eigenvalue weighted by molar-refractivity contribution is 6.99. The Bertz CT molecular complexity index is 362. The number of rotatable bonds is 5. The van der Waals surface area contributed by atoms with Crippen molar-refractivity contribution in [2.45, 2.75) is 26.3 Å². The Kier molecular flexibility index (Phi) is 4.64. The van der Waals surface area contributed by atoms with Gasteiger partial charge >= 0.3 is 0 Å². The van der Waals surface area contributed by atoms with Crippen LogP contribution in [0.4, 0.5) is 0 Å². The number of carbonyl (C=O) groups is 1. The number of halogens is 1. The summed E-state index contributed by atoms with van der Waals surface area (Å²) in [7, 11) is 0. The topological polar surface area (TPSA) is 64.1 Å². The number of nitrogens with zero attached hydrogens (tertiary/aromatic N) is 2. The first kappa shape index (κ1) is 13.3. The molecule has 90 valence electrons. The molecule has 0 saturated carbocycles. The molecule has 0 amide bonds. The molecule has 0 aliphatic heterocycles. The minimum atomic E-state index is -0.0878. The molecule has 1 rings (SSSR count). The van der Waals surface area contributed by atoms with E-state index in [4.69, 9.17) is 16.3 Å². The van der Waals surface area contributed by atoms with E-state index in [1.807, 2.05) is 20.8 Å². The molecule has 0 spiro atoms.